The van der Waals surface area contributed by atoms with Crippen molar-refractivity contribution in [2.75, 3.05) is 39.8 Å². The molecule has 2 aliphatic heterocycles. The van der Waals surface area contributed by atoms with Crippen LogP contribution >= 0.6 is 0 Å². The number of aromatic nitrogens is 2. The number of likely N-dealkylation sites (tertiary alicyclic amines) is 1. The minimum atomic E-state index is -0.139. The highest BCUT2D eigenvalue weighted by Gasteiger charge is 2.32. The van der Waals surface area contributed by atoms with Gasteiger partial charge in [-0.25, -0.2) is 9.97 Å². The summed E-state index contributed by atoms with van der Waals surface area (Å²) < 4.78 is 5.87. The molecule has 3 rings (SSSR count). The summed E-state index contributed by atoms with van der Waals surface area (Å²) in [4.78, 5) is 25.9. The Morgan fingerprint density at radius 1 is 1.22 bits per heavy atom. The number of piperidine rings is 1. The zero-order valence-corrected chi connectivity index (χ0v) is 14.3. The number of hydrogen-bond donors (Lipinski definition) is 0. The van der Waals surface area contributed by atoms with Crippen molar-refractivity contribution in [3.63, 3.8) is 0 Å². The first kappa shape index (κ1) is 16.3. The van der Waals surface area contributed by atoms with Gasteiger partial charge in [-0.1, -0.05) is 0 Å². The van der Waals surface area contributed by atoms with Gasteiger partial charge in [-0.3, -0.25) is 4.79 Å². The summed E-state index contributed by atoms with van der Waals surface area (Å²) in [5, 5.41) is 0. The second-order valence-corrected chi connectivity index (χ2v) is 6.70. The maximum absolute atomic E-state index is 12.8. The van der Waals surface area contributed by atoms with Crippen molar-refractivity contribution in [3.8, 4) is 0 Å². The van der Waals surface area contributed by atoms with E-state index in [2.05, 4.69) is 21.9 Å². The Kier molecular flexibility index (Phi) is 4.92. The Bertz CT molecular complexity index is 549. The van der Waals surface area contributed by atoms with Gasteiger partial charge in [0.05, 0.1) is 18.8 Å². The number of amides is 1. The van der Waals surface area contributed by atoms with E-state index in [9.17, 15) is 4.79 Å². The van der Waals surface area contributed by atoms with Crippen LogP contribution in [0.5, 0.6) is 0 Å². The number of rotatable bonds is 2. The number of carbonyl (C=O) groups excluding carboxylic acids is 1. The van der Waals surface area contributed by atoms with Crippen LogP contribution in [0.1, 0.15) is 36.2 Å². The Balaban J connectivity index is 1.67. The first-order chi connectivity index (χ1) is 11.0. The van der Waals surface area contributed by atoms with Crippen LogP contribution in [-0.4, -0.2) is 65.5 Å². The van der Waals surface area contributed by atoms with Gasteiger partial charge in [0.1, 0.15) is 11.9 Å². The van der Waals surface area contributed by atoms with Crippen LogP contribution in [0.25, 0.3) is 0 Å². The fourth-order valence-corrected chi connectivity index (χ4v) is 3.45. The van der Waals surface area contributed by atoms with E-state index in [1.54, 1.807) is 0 Å². The number of nitrogens with zero attached hydrogens (tertiary/aromatic N) is 4. The first-order valence-corrected chi connectivity index (χ1v) is 8.44. The van der Waals surface area contributed by atoms with Crippen molar-refractivity contribution in [2.45, 2.75) is 32.8 Å². The van der Waals surface area contributed by atoms with Crippen molar-refractivity contribution in [3.05, 3.63) is 23.3 Å². The topological polar surface area (TPSA) is 58.6 Å². The summed E-state index contributed by atoms with van der Waals surface area (Å²) >= 11 is 0. The summed E-state index contributed by atoms with van der Waals surface area (Å²) in [5.74, 6) is 1.20. The molecule has 0 aliphatic carbocycles. The average molecular weight is 318 g/mol. The normalized spacial score (nSPS) is 24.0. The van der Waals surface area contributed by atoms with Crippen LogP contribution in [0, 0.1) is 19.8 Å². The molecule has 6 nitrogen and oxygen atoms in total. The molecule has 1 aromatic rings. The minimum Gasteiger partial charge on any atom is -0.368 e. The second-order valence-electron chi connectivity index (χ2n) is 6.70. The van der Waals surface area contributed by atoms with Crippen molar-refractivity contribution in [1.29, 1.82) is 0 Å². The van der Waals surface area contributed by atoms with E-state index in [0.717, 1.165) is 43.1 Å². The van der Waals surface area contributed by atoms with E-state index >= 15 is 0 Å². The number of aryl methyl sites for hydroxylation is 2. The fraction of sp³-hybridized carbons (Fsp3) is 0.706. The summed E-state index contributed by atoms with van der Waals surface area (Å²) in [7, 11) is 2.12. The second kappa shape index (κ2) is 6.93. The van der Waals surface area contributed by atoms with Crippen LogP contribution < -0.4 is 0 Å². The molecule has 2 aliphatic rings. The molecule has 1 aromatic heterocycles. The van der Waals surface area contributed by atoms with Crippen LogP contribution in [0.15, 0.2) is 6.07 Å². The van der Waals surface area contributed by atoms with Crippen LogP contribution in [0.2, 0.25) is 0 Å². The first-order valence-electron chi connectivity index (χ1n) is 8.44. The zero-order chi connectivity index (χ0) is 16.4. The Hall–Kier alpha value is -1.53. The van der Waals surface area contributed by atoms with Crippen molar-refractivity contribution < 1.29 is 9.53 Å². The van der Waals surface area contributed by atoms with Gasteiger partial charge in [0.15, 0.2) is 0 Å². The molecule has 1 atom stereocenters. The van der Waals surface area contributed by atoms with Crippen molar-refractivity contribution >= 4 is 5.91 Å². The maximum Gasteiger partial charge on any atom is 0.225 e. The van der Waals surface area contributed by atoms with E-state index < -0.39 is 0 Å². The molecule has 2 fully saturated rings. The van der Waals surface area contributed by atoms with Gasteiger partial charge in [-0.05, 0) is 52.9 Å². The summed E-state index contributed by atoms with van der Waals surface area (Å²) in [6.45, 7) is 7.73. The minimum absolute atomic E-state index is 0.139. The molecule has 0 spiro atoms. The lowest BCUT2D eigenvalue weighted by Gasteiger charge is -2.37. The van der Waals surface area contributed by atoms with Gasteiger partial charge in [0.25, 0.3) is 0 Å². The largest absolute Gasteiger partial charge is 0.368 e. The van der Waals surface area contributed by atoms with Crippen LogP contribution in [0.3, 0.4) is 0 Å². The number of morpholine rings is 1. The molecule has 0 bridgehead atoms. The average Bonchev–Trinajstić information content (AvgIpc) is 2.54. The Labute approximate surface area is 137 Å². The SMILES string of the molecule is Cc1cc([C@H]2CN(C(=O)C3CCN(C)CC3)CCO2)nc(C)n1. The van der Waals surface area contributed by atoms with Crippen LogP contribution in [0.4, 0.5) is 0 Å². The zero-order valence-electron chi connectivity index (χ0n) is 14.3. The Morgan fingerprint density at radius 3 is 2.65 bits per heavy atom. The molecule has 0 unspecified atom stereocenters. The predicted octanol–water partition coefficient (Wildman–Crippen LogP) is 1.34. The van der Waals surface area contributed by atoms with Gasteiger partial charge < -0.3 is 14.5 Å². The summed E-state index contributed by atoms with van der Waals surface area (Å²) in [6, 6.07) is 1.96. The summed E-state index contributed by atoms with van der Waals surface area (Å²) in [5.41, 5.74) is 1.82. The lowest BCUT2D eigenvalue weighted by Crippen LogP contribution is -2.47. The molecule has 23 heavy (non-hydrogen) atoms. The summed E-state index contributed by atoms with van der Waals surface area (Å²) in [6.07, 6.45) is 1.78. The van der Waals surface area contributed by atoms with E-state index in [1.165, 1.54) is 0 Å². The molecule has 2 saturated heterocycles. The molecule has 0 aromatic carbocycles. The number of ether oxygens (including phenoxy) is 1. The van der Waals surface area contributed by atoms with E-state index in [0.29, 0.717) is 19.7 Å². The number of hydrogen-bond acceptors (Lipinski definition) is 5. The van der Waals surface area contributed by atoms with Crippen LogP contribution in [-0.2, 0) is 9.53 Å². The highest BCUT2D eigenvalue weighted by molar-refractivity contribution is 5.79. The third-order valence-corrected chi connectivity index (χ3v) is 4.76. The molecule has 6 heteroatoms. The molecule has 0 saturated carbocycles. The van der Waals surface area contributed by atoms with E-state index in [-0.39, 0.29) is 17.9 Å². The quantitative estimate of drug-likeness (QED) is 0.823. The molecular weight excluding hydrogens is 292 g/mol. The monoisotopic (exact) mass is 318 g/mol. The third-order valence-electron chi connectivity index (χ3n) is 4.76. The molecule has 0 radical (unpaired) electrons. The molecule has 0 N–H and O–H groups in total. The smallest absolute Gasteiger partial charge is 0.225 e. The molecular formula is C17H26N4O2. The van der Waals surface area contributed by atoms with Gasteiger partial charge in [-0.2, -0.15) is 0 Å². The lowest BCUT2D eigenvalue weighted by atomic mass is 9.95. The fourth-order valence-electron chi connectivity index (χ4n) is 3.45. The third kappa shape index (κ3) is 3.87. The van der Waals surface area contributed by atoms with Gasteiger partial charge in [0, 0.05) is 18.2 Å². The van der Waals surface area contributed by atoms with Gasteiger partial charge in [0.2, 0.25) is 5.91 Å². The molecule has 3 heterocycles. The standard InChI is InChI=1S/C17H26N4O2/c1-12-10-15(19-13(2)18-12)16-11-21(8-9-23-16)17(22)14-4-6-20(3)7-5-14/h10,14,16H,4-9,11H2,1-3H3/t16-/m1/s1. The maximum atomic E-state index is 12.8. The Morgan fingerprint density at radius 2 is 1.96 bits per heavy atom. The predicted molar refractivity (Wildman–Crippen MR) is 87.0 cm³/mol. The lowest BCUT2D eigenvalue weighted by molar-refractivity contribution is -0.144. The molecule has 126 valence electrons. The molecule has 1 amide bonds. The van der Waals surface area contributed by atoms with E-state index in [1.807, 2.05) is 24.8 Å². The van der Waals surface area contributed by atoms with E-state index in [4.69, 9.17) is 4.74 Å². The van der Waals surface area contributed by atoms with Gasteiger partial charge in [-0.15, -0.1) is 0 Å². The van der Waals surface area contributed by atoms with Crippen molar-refractivity contribution in [2.24, 2.45) is 5.92 Å². The highest BCUT2D eigenvalue weighted by atomic mass is 16.5. The van der Waals surface area contributed by atoms with Crippen molar-refractivity contribution in [1.82, 2.24) is 19.8 Å². The highest BCUT2D eigenvalue weighted by Crippen LogP contribution is 2.25. The van der Waals surface area contributed by atoms with Gasteiger partial charge >= 0.3 is 0 Å². The number of carbonyl (C=O) groups is 1.